The first-order valence-electron chi connectivity index (χ1n) is 8.41. The van der Waals surface area contributed by atoms with Gasteiger partial charge in [0.25, 0.3) is 11.8 Å². The minimum absolute atomic E-state index is 0.128. The van der Waals surface area contributed by atoms with Crippen molar-refractivity contribution in [3.05, 3.63) is 64.1 Å². The van der Waals surface area contributed by atoms with Gasteiger partial charge in [0.15, 0.2) is 11.9 Å². The third kappa shape index (κ3) is 6.31. The number of carbonyl (C=O) groups excluding carboxylic acids is 4. The molecule has 0 heterocycles. The molecular formula is C20H19BrN2O5. The second kappa shape index (κ2) is 9.80. The fourth-order valence-corrected chi connectivity index (χ4v) is 2.47. The second-order valence-corrected chi connectivity index (χ2v) is 6.86. The Morgan fingerprint density at radius 2 is 1.71 bits per heavy atom. The Labute approximate surface area is 170 Å². The summed E-state index contributed by atoms with van der Waals surface area (Å²) < 4.78 is 5.86. The van der Waals surface area contributed by atoms with Crippen LogP contribution in [0.5, 0.6) is 0 Å². The number of Topliss-reactive ketones (excluding diaryl/α,β-unsaturated/α-hetero) is 1. The number of halogens is 1. The van der Waals surface area contributed by atoms with Gasteiger partial charge in [-0.15, -0.1) is 0 Å². The summed E-state index contributed by atoms with van der Waals surface area (Å²) in [7, 11) is 0. The summed E-state index contributed by atoms with van der Waals surface area (Å²) >= 11 is 3.27. The first-order chi connectivity index (χ1) is 13.3. The largest absolute Gasteiger partial charge is 0.451 e. The molecule has 28 heavy (non-hydrogen) atoms. The second-order valence-electron chi connectivity index (χ2n) is 5.95. The average Bonchev–Trinajstić information content (AvgIpc) is 2.66. The Hall–Kier alpha value is -3.00. The molecule has 0 aliphatic heterocycles. The summed E-state index contributed by atoms with van der Waals surface area (Å²) in [6, 6.07) is 13.1. The highest BCUT2D eigenvalue weighted by Gasteiger charge is 2.19. The minimum Gasteiger partial charge on any atom is -0.451 e. The van der Waals surface area contributed by atoms with Crippen LogP contribution in [0.25, 0.3) is 0 Å². The zero-order valence-electron chi connectivity index (χ0n) is 15.3. The van der Waals surface area contributed by atoms with Crippen LogP contribution in [0, 0.1) is 0 Å². The van der Waals surface area contributed by atoms with Crippen LogP contribution in [-0.4, -0.2) is 36.2 Å². The van der Waals surface area contributed by atoms with Gasteiger partial charge in [-0.25, -0.2) is 0 Å². The summed E-state index contributed by atoms with van der Waals surface area (Å²) in [5.74, 6) is -1.85. The Morgan fingerprint density at radius 3 is 2.36 bits per heavy atom. The predicted molar refractivity (Wildman–Crippen MR) is 107 cm³/mol. The van der Waals surface area contributed by atoms with Crippen molar-refractivity contribution in [1.82, 2.24) is 5.32 Å². The molecule has 2 N–H and O–H groups in total. The van der Waals surface area contributed by atoms with Crippen molar-refractivity contribution in [1.29, 1.82) is 0 Å². The number of hydrogen-bond donors (Lipinski definition) is 2. The molecule has 2 aromatic carbocycles. The van der Waals surface area contributed by atoms with E-state index in [-0.39, 0.29) is 12.3 Å². The highest BCUT2D eigenvalue weighted by molar-refractivity contribution is 9.10. The molecule has 0 saturated heterocycles. The lowest BCUT2D eigenvalue weighted by Crippen LogP contribution is -2.35. The molecule has 146 valence electrons. The van der Waals surface area contributed by atoms with E-state index in [1.54, 1.807) is 42.5 Å². The van der Waals surface area contributed by atoms with Crippen molar-refractivity contribution in [3.63, 3.8) is 0 Å². The molecule has 0 aromatic heterocycles. The average molecular weight is 447 g/mol. The number of esters is 1. The first-order valence-corrected chi connectivity index (χ1v) is 9.20. The normalized spacial score (nSPS) is 11.2. The smallest absolute Gasteiger partial charge is 0.326 e. The number of carbonyl (C=O) groups is 4. The number of amides is 2. The molecule has 2 amide bonds. The fraction of sp³-hybridized carbons (Fsp3) is 0.200. The first kappa shape index (κ1) is 21.3. The quantitative estimate of drug-likeness (QED) is 0.502. The molecule has 2 aromatic rings. The van der Waals surface area contributed by atoms with Crippen LogP contribution < -0.4 is 10.6 Å². The summed E-state index contributed by atoms with van der Waals surface area (Å²) in [4.78, 5) is 47.4. The summed E-state index contributed by atoms with van der Waals surface area (Å²) in [6.07, 6.45) is -1.07. The SMILES string of the molecule is CC(=O)c1cccc(NC(=O)C(C)OC(=O)CNC(=O)c2ccc(Br)cc2)c1. The number of ketones is 1. The molecule has 1 unspecified atom stereocenters. The van der Waals surface area contributed by atoms with Crippen LogP contribution in [0.15, 0.2) is 53.0 Å². The van der Waals surface area contributed by atoms with Crippen LogP contribution in [0.1, 0.15) is 34.6 Å². The van der Waals surface area contributed by atoms with Crippen molar-refractivity contribution in [3.8, 4) is 0 Å². The van der Waals surface area contributed by atoms with Gasteiger partial charge >= 0.3 is 5.97 Å². The Bertz CT molecular complexity index is 896. The maximum atomic E-state index is 12.2. The third-order valence-corrected chi connectivity index (χ3v) is 4.24. The van der Waals surface area contributed by atoms with E-state index in [0.717, 1.165) is 4.47 Å². The number of anilines is 1. The van der Waals surface area contributed by atoms with E-state index in [2.05, 4.69) is 26.6 Å². The zero-order valence-corrected chi connectivity index (χ0v) is 16.9. The van der Waals surface area contributed by atoms with E-state index in [4.69, 9.17) is 4.74 Å². The van der Waals surface area contributed by atoms with Crippen LogP contribution in [0.4, 0.5) is 5.69 Å². The molecule has 0 bridgehead atoms. The molecular weight excluding hydrogens is 428 g/mol. The van der Waals surface area contributed by atoms with E-state index < -0.39 is 23.9 Å². The molecule has 0 saturated carbocycles. The Morgan fingerprint density at radius 1 is 1.04 bits per heavy atom. The van der Waals surface area contributed by atoms with Crippen LogP contribution in [0.2, 0.25) is 0 Å². The molecule has 7 nitrogen and oxygen atoms in total. The molecule has 1 atom stereocenters. The van der Waals surface area contributed by atoms with Crippen molar-refractivity contribution < 1.29 is 23.9 Å². The van der Waals surface area contributed by atoms with Crippen molar-refractivity contribution in [2.24, 2.45) is 0 Å². The van der Waals surface area contributed by atoms with Crippen LogP contribution >= 0.6 is 15.9 Å². The van der Waals surface area contributed by atoms with Crippen molar-refractivity contribution in [2.75, 3.05) is 11.9 Å². The van der Waals surface area contributed by atoms with E-state index in [0.29, 0.717) is 16.8 Å². The molecule has 0 aliphatic carbocycles. The number of ether oxygens (including phenoxy) is 1. The number of rotatable bonds is 7. The molecule has 2 rings (SSSR count). The summed E-state index contributed by atoms with van der Waals surface area (Å²) in [5, 5.41) is 5.01. The van der Waals surface area contributed by atoms with E-state index in [9.17, 15) is 19.2 Å². The summed E-state index contributed by atoms with van der Waals surface area (Å²) in [5.41, 5.74) is 1.27. The maximum absolute atomic E-state index is 12.2. The van der Waals surface area contributed by atoms with Gasteiger partial charge in [0.05, 0.1) is 0 Å². The van der Waals surface area contributed by atoms with Crippen molar-refractivity contribution in [2.45, 2.75) is 20.0 Å². The van der Waals surface area contributed by atoms with Gasteiger partial charge in [0.1, 0.15) is 6.54 Å². The predicted octanol–water partition coefficient (Wildman–Crippen LogP) is 2.95. The fourth-order valence-electron chi connectivity index (χ4n) is 2.21. The van der Waals surface area contributed by atoms with E-state index in [1.165, 1.54) is 19.9 Å². The van der Waals surface area contributed by atoms with Gasteiger partial charge in [-0.1, -0.05) is 28.1 Å². The van der Waals surface area contributed by atoms with Gasteiger partial charge in [-0.3, -0.25) is 19.2 Å². The maximum Gasteiger partial charge on any atom is 0.326 e. The van der Waals surface area contributed by atoms with Gasteiger partial charge in [-0.05, 0) is 50.2 Å². The van der Waals surface area contributed by atoms with Gasteiger partial charge in [0.2, 0.25) is 0 Å². The topological polar surface area (TPSA) is 102 Å². The lowest BCUT2D eigenvalue weighted by molar-refractivity contribution is -0.152. The monoisotopic (exact) mass is 446 g/mol. The molecule has 8 heteroatoms. The van der Waals surface area contributed by atoms with Crippen molar-refractivity contribution >= 4 is 45.2 Å². The minimum atomic E-state index is -1.07. The molecule has 0 aliphatic rings. The molecule has 0 spiro atoms. The Kier molecular flexibility index (Phi) is 7.45. The van der Waals surface area contributed by atoms with Crippen LogP contribution in [0.3, 0.4) is 0 Å². The lowest BCUT2D eigenvalue weighted by atomic mass is 10.1. The summed E-state index contributed by atoms with van der Waals surface area (Å²) in [6.45, 7) is 2.47. The number of benzene rings is 2. The van der Waals surface area contributed by atoms with E-state index >= 15 is 0 Å². The third-order valence-electron chi connectivity index (χ3n) is 3.71. The standard InChI is InChI=1S/C20H19BrN2O5/c1-12(24)15-4-3-5-17(10-15)23-19(26)13(2)28-18(25)11-22-20(27)14-6-8-16(21)9-7-14/h3-10,13H,11H2,1-2H3,(H,22,27)(H,23,26). The Balaban J connectivity index is 1.83. The van der Waals surface area contributed by atoms with Gasteiger partial charge in [0, 0.05) is 21.3 Å². The zero-order chi connectivity index (χ0) is 20.7. The van der Waals surface area contributed by atoms with E-state index in [1.807, 2.05) is 0 Å². The lowest BCUT2D eigenvalue weighted by Gasteiger charge is -2.14. The molecule has 0 radical (unpaired) electrons. The van der Waals surface area contributed by atoms with Crippen LogP contribution in [-0.2, 0) is 14.3 Å². The van der Waals surface area contributed by atoms with Gasteiger partial charge in [-0.2, -0.15) is 0 Å². The highest BCUT2D eigenvalue weighted by Crippen LogP contribution is 2.12. The molecule has 0 fully saturated rings. The number of hydrogen-bond acceptors (Lipinski definition) is 5. The number of nitrogens with one attached hydrogen (secondary N) is 2. The van der Waals surface area contributed by atoms with Gasteiger partial charge < -0.3 is 15.4 Å². The highest BCUT2D eigenvalue weighted by atomic mass is 79.9.